The zero-order valence-electron chi connectivity index (χ0n) is 7.12. The quantitative estimate of drug-likeness (QED) is 0.764. The first-order valence-electron chi connectivity index (χ1n) is 3.66. The number of carbonyl (C=O) groups is 1. The molecule has 5 nitrogen and oxygen atoms in total. The van der Waals surface area contributed by atoms with Crippen molar-refractivity contribution in [2.24, 2.45) is 0 Å². The molecule has 0 radical (unpaired) electrons. The van der Waals surface area contributed by atoms with E-state index >= 15 is 0 Å². The molecule has 1 rings (SSSR count). The van der Waals surface area contributed by atoms with Crippen molar-refractivity contribution < 1.29 is 18.7 Å². The first-order valence-corrected chi connectivity index (χ1v) is 3.66. The minimum atomic E-state index is -2.97. The fourth-order valence-corrected chi connectivity index (χ4v) is 0.998. The van der Waals surface area contributed by atoms with E-state index in [1.54, 1.807) is 4.98 Å². The van der Waals surface area contributed by atoms with E-state index in [4.69, 9.17) is 10.4 Å². The molecule has 0 saturated carbocycles. The standard InChI is InChI=1S/C8H4F2N2O3/c9-6(10)4-1-3(2-11)5(8(14)15)7(13)12-4/h1,6H,(H,12,13)(H,14,15). The van der Waals surface area contributed by atoms with Crippen LogP contribution in [0.4, 0.5) is 8.78 Å². The summed E-state index contributed by atoms with van der Waals surface area (Å²) >= 11 is 0. The van der Waals surface area contributed by atoms with Crippen LogP contribution in [-0.2, 0) is 0 Å². The largest absolute Gasteiger partial charge is 0.477 e. The van der Waals surface area contributed by atoms with Gasteiger partial charge in [0, 0.05) is 0 Å². The van der Waals surface area contributed by atoms with Crippen LogP contribution in [0, 0.1) is 11.3 Å². The number of aromatic carboxylic acids is 1. The van der Waals surface area contributed by atoms with E-state index in [0.717, 1.165) is 0 Å². The molecule has 7 heteroatoms. The summed E-state index contributed by atoms with van der Waals surface area (Å²) in [5.41, 5.74) is -3.40. The third-order valence-corrected chi connectivity index (χ3v) is 1.62. The Morgan fingerprint density at radius 1 is 1.60 bits per heavy atom. The molecular formula is C8H4F2N2O3. The molecule has 2 N–H and O–H groups in total. The van der Waals surface area contributed by atoms with Crippen LogP contribution < -0.4 is 5.56 Å². The third-order valence-electron chi connectivity index (χ3n) is 1.62. The van der Waals surface area contributed by atoms with E-state index in [1.807, 2.05) is 0 Å². The minimum absolute atomic E-state index is 0.582. The molecule has 0 saturated heterocycles. The average Bonchev–Trinajstić information content (AvgIpc) is 2.15. The fourth-order valence-electron chi connectivity index (χ4n) is 0.998. The van der Waals surface area contributed by atoms with E-state index in [2.05, 4.69) is 0 Å². The Balaban J connectivity index is 3.54. The number of carboxylic acid groups (broad SMARTS) is 1. The van der Waals surface area contributed by atoms with Crippen LogP contribution in [0.25, 0.3) is 0 Å². The van der Waals surface area contributed by atoms with Crippen LogP contribution in [-0.4, -0.2) is 16.1 Å². The number of halogens is 2. The van der Waals surface area contributed by atoms with E-state index in [9.17, 15) is 18.4 Å². The lowest BCUT2D eigenvalue weighted by molar-refractivity contribution is 0.0693. The summed E-state index contributed by atoms with van der Waals surface area (Å²) in [5, 5.41) is 17.0. The van der Waals surface area contributed by atoms with Crippen LogP contribution in [0.2, 0.25) is 0 Å². The van der Waals surface area contributed by atoms with Crippen molar-refractivity contribution in [3.8, 4) is 6.07 Å². The highest BCUT2D eigenvalue weighted by atomic mass is 19.3. The van der Waals surface area contributed by atoms with Gasteiger partial charge in [0.25, 0.3) is 12.0 Å². The highest BCUT2D eigenvalue weighted by Crippen LogP contribution is 2.16. The Labute approximate surface area is 81.6 Å². The molecular weight excluding hydrogens is 210 g/mol. The molecule has 0 aromatic carbocycles. The number of aromatic amines is 1. The van der Waals surface area contributed by atoms with Crippen LogP contribution in [0.15, 0.2) is 10.9 Å². The maximum absolute atomic E-state index is 12.2. The van der Waals surface area contributed by atoms with E-state index < -0.39 is 34.8 Å². The van der Waals surface area contributed by atoms with Crippen molar-refractivity contribution in [2.75, 3.05) is 0 Å². The lowest BCUT2D eigenvalue weighted by atomic mass is 10.1. The fraction of sp³-hybridized carbons (Fsp3) is 0.125. The molecule has 0 unspecified atom stereocenters. The van der Waals surface area contributed by atoms with Crippen molar-refractivity contribution in [2.45, 2.75) is 6.43 Å². The molecule has 0 aliphatic rings. The van der Waals surface area contributed by atoms with Gasteiger partial charge in [-0.2, -0.15) is 5.26 Å². The summed E-state index contributed by atoms with van der Waals surface area (Å²) in [4.78, 5) is 23.3. The Morgan fingerprint density at radius 3 is 2.60 bits per heavy atom. The van der Waals surface area contributed by atoms with Crippen molar-refractivity contribution in [3.63, 3.8) is 0 Å². The Morgan fingerprint density at radius 2 is 2.20 bits per heavy atom. The van der Waals surface area contributed by atoms with Gasteiger partial charge in [0.2, 0.25) is 0 Å². The normalized spacial score (nSPS) is 10.0. The second-order valence-electron chi connectivity index (χ2n) is 2.56. The third kappa shape index (κ3) is 1.99. The molecule has 0 aliphatic carbocycles. The Kier molecular flexibility index (Phi) is 2.80. The van der Waals surface area contributed by atoms with Gasteiger partial charge < -0.3 is 10.1 Å². The summed E-state index contributed by atoms with van der Waals surface area (Å²) in [6, 6.07) is 2.03. The zero-order valence-corrected chi connectivity index (χ0v) is 7.12. The summed E-state index contributed by atoms with van der Waals surface area (Å²) < 4.78 is 24.3. The number of nitriles is 1. The molecule has 0 bridgehead atoms. The smallest absolute Gasteiger partial charge is 0.342 e. The summed E-state index contributed by atoms with van der Waals surface area (Å²) in [6.45, 7) is 0. The van der Waals surface area contributed by atoms with Gasteiger partial charge in [-0.25, -0.2) is 13.6 Å². The average molecular weight is 214 g/mol. The maximum Gasteiger partial charge on any atom is 0.342 e. The number of hydrogen-bond acceptors (Lipinski definition) is 3. The molecule has 0 amide bonds. The van der Waals surface area contributed by atoms with Crippen LogP contribution >= 0.6 is 0 Å². The zero-order chi connectivity index (χ0) is 11.6. The van der Waals surface area contributed by atoms with Crippen molar-refractivity contribution >= 4 is 5.97 Å². The van der Waals surface area contributed by atoms with Gasteiger partial charge in [0.15, 0.2) is 0 Å². The number of pyridine rings is 1. The maximum atomic E-state index is 12.2. The lowest BCUT2D eigenvalue weighted by Crippen LogP contribution is -2.21. The highest BCUT2D eigenvalue weighted by Gasteiger charge is 2.19. The lowest BCUT2D eigenvalue weighted by Gasteiger charge is -2.02. The predicted octanol–water partition coefficient (Wildman–Crippen LogP) is 0.882. The first-order chi connectivity index (χ1) is 6.97. The first kappa shape index (κ1) is 10.8. The van der Waals surface area contributed by atoms with Gasteiger partial charge in [-0.05, 0) is 6.07 Å². The molecule has 0 fully saturated rings. The van der Waals surface area contributed by atoms with Crippen LogP contribution in [0.5, 0.6) is 0 Å². The summed E-state index contributed by atoms with van der Waals surface area (Å²) in [6.07, 6.45) is -2.97. The van der Waals surface area contributed by atoms with Gasteiger partial charge in [-0.3, -0.25) is 4.79 Å². The second-order valence-corrected chi connectivity index (χ2v) is 2.56. The van der Waals surface area contributed by atoms with Crippen molar-refractivity contribution in [1.29, 1.82) is 5.26 Å². The number of nitrogens with one attached hydrogen (secondary N) is 1. The molecule has 1 aromatic rings. The van der Waals surface area contributed by atoms with Gasteiger partial charge in [-0.1, -0.05) is 0 Å². The number of alkyl halides is 2. The molecule has 0 atom stereocenters. The predicted molar refractivity (Wildman–Crippen MR) is 43.7 cm³/mol. The SMILES string of the molecule is N#Cc1cc(C(F)F)[nH]c(=O)c1C(=O)O. The van der Waals surface area contributed by atoms with Crippen molar-refractivity contribution in [3.05, 3.63) is 33.2 Å². The molecule has 15 heavy (non-hydrogen) atoms. The van der Waals surface area contributed by atoms with Gasteiger partial charge in [0.1, 0.15) is 11.6 Å². The molecule has 1 heterocycles. The van der Waals surface area contributed by atoms with Gasteiger partial charge >= 0.3 is 5.97 Å². The number of nitrogens with zero attached hydrogens (tertiary/aromatic N) is 1. The molecule has 1 aromatic heterocycles. The second kappa shape index (κ2) is 3.88. The van der Waals surface area contributed by atoms with Crippen LogP contribution in [0.1, 0.15) is 28.0 Å². The highest BCUT2D eigenvalue weighted by molar-refractivity contribution is 5.90. The van der Waals surface area contributed by atoms with E-state index in [1.165, 1.54) is 6.07 Å². The molecule has 78 valence electrons. The van der Waals surface area contributed by atoms with E-state index in [-0.39, 0.29) is 0 Å². The van der Waals surface area contributed by atoms with Crippen LogP contribution in [0.3, 0.4) is 0 Å². The van der Waals surface area contributed by atoms with Gasteiger partial charge in [-0.15, -0.1) is 0 Å². The topological polar surface area (TPSA) is 94.0 Å². The minimum Gasteiger partial charge on any atom is -0.477 e. The Hall–Kier alpha value is -2.23. The Bertz CT molecular complexity index is 502. The van der Waals surface area contributed by atoms with Gasteiger partial charge in [0.05, 0.1) is 11.3 Å². The number of rotatable bonds is 2. The number of hydrogen-bond donors (Lipinski definition) is 2. The number of H-pyrrole nitrogens is 1. The number of aromatic nitrogens is 1. The van der Waals surface area contributed by atoms with E-state index in [0.29, 0.717) is 6.07 Å². The molecule has 0 aliphatic heterocycles. The number of carboxylic acids is 1. The summed E-state index contributed by atoms with van der Waals surface area (Å²) in [7, 11) is 0. The van der Waals surface area contributed by atoms with Crippen molar-refractivity contribution in [1.82, 2.24) is 4.98 Å². The molecule has 0 spiro atoms. The summed E-state index contributed by atoms with van der Waals surface area (Å²) in [5.74, 6) is -1.63. The monoisotopic (exact) mass is 214 g/mol.